The van der Waals surface area contributed by atoms with Crippen molar-refractivity contribution >= 4 is 47.5 Å². The highest BCUT2D eigenvalue weighted by Crippen LogP contribution is 2.26. The fourth-order valence-corrected chi connectivity index (χ4v) is 2.25. The summed E-state index contributed by atoms with van der Waals surface area (Å²) in [6.07, 6.45) is -0.482. The molecule has 1 saturated heterocycles. The number of anilines is 1. The molecule has 0 radical (unpaired) electrons. The molecule has 122 valence electrons. The maximum atomic E-state index is 13.0. The number of nitrogens with one attached hydrogen (secondary N) is 2. The number of amides is 1. The summed E-state index contributed by atoms with van der Waals surface area (Å²) in [4.78, 5) is 16.0. The summed E-state index contributed by atoms with van der Waals surface area (Å²) >= 11 is 0. The Labute approximate surface area is 137 Å². The molecule has 9 heteroatoms. The summed E-state index contributed by atoms with van der Waals surface area (Å²) in [5.41, 5.74) is 1.74. The first kappa shape index (κ1) is 18.6. The number of aromatic nitrogens is 1. The molecule has 1 amide bonds. The van der Waals surface area contributed by atoms with Gasteiger partial charge in [-0.05, 0) is 18.2 Å². The van der Waals surface area contributed by atoms with E-state index in [1.807, 2.05) is 0 Å². The topological polar surface area (TPSA) is 67.2 Å². The molecular formula is C13H15Cl2F2N3O2. The average molecular weight is 354 g/mol. The number of fused-ring (bicyclic) bond motifs is 1. The van der Waals surface area contributed by atoms with Crippen LogP contribution in [0.25, 0.3) is 11.1 Å². The van der Waals surface area contributed by atoms with Gasteiger partial charge >= 0.3 is 0 Å². The van der Waals surface area contributed by atoms with Crippen molar-refractivity contribution in [2.24, 2.45) is 0 Å². The zero-order chi connectivity index (χ0) is 14.3. The first-order valence-corrected chi connectivity index (χ1v) is 6.22. The number of hydrogen-bond donors (Lipinski definition) is 2. The molecule has 22 heavy (non-hydrogen) atoms. The van der Waals surface area contributed by atoms with Gasteiger partial charge < -0.3 is 9.73 Å². The highest BCUT2D eigenvalue weighted by molar-refractivity contribution is 5.96. The highest BCUT2D eigenvalue weighted by atomic mass is 35.5. The van der Waals surface area contributed by atoms with Crippen LogP contribution in [0.3, 0.4) is 0 Å². The summed E-state index contributed by atoms with van der Waals surface area (Å²) < 4.78 is 31.4. The number of halogens is 4. The van der Waals surface area contributed by atoms with Gasteiger partial charge in [0.25, 0.3) is 5.92 Å². The molecule has 0 saturated carbocycles. The van der Waals surface area contributed by atoms with Crippen LogP contribution in [0.2, 0.25) is 0 Å². The van der Waals surface area contributed by atoms with Gasteiger partial charge in [0.15, 0.2) is 11.5 Å². The van der Waals surface area contributed by atoms with Gasteiger partial charge in [-0.2, -0.15) is 0 Å². The number of benzene rings is 1. The molecule has 1 unspecified atom stereocenters. The van der Waals surface area contributed by atoms with Crippen molar-refractivity contribution in [3.05, 3.63) is 24.1 Å². The summed E-state index contributed by atoms with van der Waals surface area (Å²) in [5.74, 6) is -2.77. The number of nitrogens with zero attached hydrogens (tertiary/aromatic N) is 1. The van der Waals surface area contributed by atoms with E-state index in [4.69, 9.17) is 4.42 Å². The van der Waals surface area contributed by atoms with Crippen LogP contribution in [-0.2, 0) is 4.79 Å². The molecule has 0 spiro atoms. The van der Waals surface area contributed by atoms with Gasteiger partial charge in [0.05, 0.1) is 12.6 Å². The smallest absolute Gasteiger partial charge is 0.262 e. The Balaban J connectivity index is 0.00000121. The molecule has 3 rings (SSSR count). The molecule has 2 N–H and O–H groups in total. The second-order valence-corrected chi connectivity index (χ2v) is 4.90. The molecule has 1 fully saturated rings. The maximum Gasteiger partial charge on any atom is 0.262 e. The summed E-state index contributed by atoms with van der Waals surface area (Å²) in [7, 11) is 0. The number of aryl methyl sites for hydroxylation is 1. The number of hydrogen-bond acceptors (Lipinski definition) is 4. The number of alkyl halides is 2. The average Bonchev–Trinajstić information content (AvgIpc) is 2.90. The van der Waals surface area contributed by atoms with E-state index in [-0.39, 0.29) is 24.8 Å². The molecule has 1 aliphatic rings. The number of carbonyl (C=O) groups excluding carboxylic acids is 1. The SMILES string of the molecule is Cc1nc2cc(NC(=O)C3CC(F)(F)CN3)ccc2o1.Cl.Cl. The Kier molecular flexibility index (Phi) is 5.72. The van der Waals surface area contributed by atoms with E-state index in [9.17, 15) is 13.6 Å². The molecule has 1 aromatic heterocycles. The fourth-order valence-electron chi connectivity index (χ4n) is 2.25. The minimum Gasteiger partial charge on any atom is -0.441 e. The maximum absolute atomic E-state index is 13.0. The molecule has 0 bridgehead atoms. The quantitative estimate of drug-likeness (QED) is 0.870. The van der Waals surface area contributed by atoms with Gasteiger partial charge in [0.2, 0.25) is 5.91 Å². The lowest BCUT2D eigenvalue weighted by Crippen LogP contribution is -2.35. The Bertz CT molecular complexity index is 678. The molecule has 2 heterocycles. The van der Waals surface area contributed by atoms with Crippen LogP contribution in [0.15, 0.2) is 22.6 Å². The van der Waals surface area contributed by atoms with Crippen LogP contribution in [0.4, 0.5) is 14.5 Å². The van der Waals surface area contributed by atoms with Crippen LogP contribution in [0.5, 0.6) is 0 Å². The van der Waals surface area contributed by atoms with Gasteiger partial charge in [-0.25, -0.2) is 13.8 Å². The van der Waals surface area contributed by atoms with Gasteiger partial charge in [-0.15, -0.1) is 24.8 Å². The van der Waals surface area contributed by atoms with Gasteiger partial charge in [0.1, 0.15) is 5.52 Å². The standard InChI is InChI=1S/C13H13F2N3O2.2ClH/c1-7-17-9-4-8(2-3-11(9)20-7)18-12(19)10-5-13(14,15)6-16-10;;/h2-4,10,16H,5-6H2,1H3,(H,18,19);2*1H. The van der Waals surface area contributed by atoms with E-state index >= 15 is 0 Å². The van der Waals surface area contributed by atoms with Crippen molar-refractivity contribution in [1.82, 2.24) is 10.3 Å². The van der Waals surface area contributed by atoms with Crippen LogP contribution in [0.1, 0.15) is 12.3 Å². The molecule has 1 aliphatic heterocycles. The van der Waals surface area contributed by atoms with E-state index in [1.54, 1.807) is 25.1 Å². The second-order valence-electron chi connectivity index (χ2n) is 4.90. The Morgan fingerprint density at radius 2 is 2.18 bits per heavy atom. The van der Waals surface area contributed by atoms with Crippen LogP contribution >= 0.6 is 24.8 Å². The summed E-state index contributed by atoms with van der Waals surface area (Å²) in [6, 6.07) is 4.11. The first-order chi connectivity index (χ1) is 9.43. The minimum absolute atomic E-state index is 0. The van der Waals surface area contributed by atoms with Crippen molar-refractivity contribution in [3.8, 4) is 0 Å². The second kappa shape index (κ2) is 6.76. The third kappa shape index (κ3) is 3.85. The predicted octanol–water partition coefficient (Wildman–Crippen LogP) is 2.92. The van der Waals surface area contributed by atoms with E-state index in [1.165, 1.54) is 0 Å². The molecule has 0 aliphatic carbocycles. The van der Waals surface area contributed by atoms with Crippen molar-refractivity contribution in [2.75, 3.05) is 11.9 Å². The number of rotatable bonds is 2. The van der Waals surface area contributed by atoms with Gasteiger partial charge in [-0.1, -0.05) is 0 Å². The largest absolute Gasteiger partial charge is 0.441 e. The zero-order valence-electron chi connectivity index (χ0n) is 11.6. The number of oxazole rings is 1. The van der Waals surface area contributed by atoms with E-state index in [0.29, 0.717) is 22.7 Å². The minimum atomic E-state index is -2.82. The van der Waals surface area contributed by atoms with Crippen LogP contribution < -0.4 is 10.6 Å². The lowest BCUT2D eigenvalue weighted by atomic mass is 10.2. The van der Waals surface area contributed by atoms with E-state index < -0.39 is 30.8 Å². The Morgan fingerprint density at radius 1 is 1.45 bits per heavy atom. The first-order valence-electron chi connectivity index (χ1n) is 6.22. The van der Waals surface area contributed by atoms with Crippen molar-refractivity contribution in [1.29, 1.82) is 0 Å². The van der Waals surface area contributed by atoms with Crippen LogP contribution in [0, 0.1) is 6.92 Å². The van der Waals surface area contributed by atoms with Crippen LogP contribution in [-0.4, -0.2) is 29.4 Å². The molecule has 2 aromatic rings. The lowest BCUT2D eigenvalue weighted by molar-refractivity contribution is -0.118. The fraction of sp³-hybridized carbons (Fsp3) is 0.385. The van der Waals surface area contributed by atoms with E-state index in [0.717, 1.165) is 0 Å². The van der Waals surface area contributed by atoms with Gasteiger partial charge in [0, 0.05) is 19.0 Å². The lowest BCUT2D eigenvalue weighted by Gasteiger charge is -2.11. The number of carbonyl (C=O) groups is 1. The highest BCUT2D eigenvalue weighted by Gasteiger charge is 2.42. The van der Waals surface area contributed by atoms with Crippen molar-refractivity contribution in [2.45, 2.75) is 25.3 Å². The normalized spacial score (nSPS) is 19.3. The Hall–Kier alpha value is -1.44. The van der Waals surface area contributed by atoms with E-state index in [2.05, 4.69) is 15.6 Å². The molecule has 1 aromatic carbocycles. The molecular weight excluding hydrogens is 339 g/mol. The monoisotopic (exact) mass is 353 g/mol. The summed E-state index contributed by atoms with van der Waals surface area (Å²) in [5, 5.41) is 5.12. The molecule has 5 nitrogen and oxygen atoms in total. The Morgan fingerprint density at radius 3 is 2.82 bits per heavy atom. The summed E-state index contributed by atoms with van der Waals surface area (Å²) in [6.45, 7) is 1.26. The van der Waals surface area contributed by atoms with Crippen molar-refractivity contribution < 1.29 is 18.0 Å². The zero-order valence-corrected chi connectivity index (χ0v) is 13.2. The predicted molar refractivity (Wildman–Crippen MR) is 83.2 cm³/mol. The third-order valence-electron chi connectivity index (χ3n) is 3.19. The third-order valence-corrected chi connectivity index (χ3v) is 3.19. The van der Waals surface area contributed by atoms with Gasteiger partial charge in [-0.3, -0.25) is 10.1 Å². The van der Waals surface area contributed by atoms with Crippen molar-refractivity contribution in [3.63, 3.8) is 0 Å². The molecule has 1 atom stereocenters.